The third-order valence-electron chi connectivity index (χ3n) is 0.998. The highest BCUT2D eigenvalue weighted by molar-refractivity contribution is 14.1. The number of nitrogens with zero attached hydrogens (tertiary/aromatic N) is 2. The summed E-state index contributed by atoms with van der Waals surface area (Å²) < 4.78 is 12.9. The lowest BCUT2D eigenvalue weighted by Gasteiger charge is -1.92. The average molecular weight is 268 g/mol. The standard InChI is InChI=1S/C5H2FIN2O2/c6-3-2-8-5(7)1-4(3)9(10)11/h1-2H. The highest BCUT2D eigenvalue weighted by Crippen LogP contribution is 2.16. The molecule has 0 saturated carbocycles. The van der Waals surface area contributed by atoms with Crippen LogP contribution in [-0.2, 0) is 0 Å². The molecule has 0 aliphatic heterocycles. The van der Waals surface area contributed by atoms with Gasteiger partial charge in [0.2, 0.25) is 5.82 Å². The minimum atomic E-state index is -0.907. The first-order valence-corrected chi connectivity index (χ1v) is 3.64. The van der Waals surface area contributed by atoms with Crippen molar-refractivity contribution in [2.75, 3.05) is 0 Å². The van der Waals surface area contributed by atoms with Crippen LogP contribution in [0.4, 0.5) is 10.1 Å². The maximum Gasteiger partial charge on any atom is 0.309 e. The smallest absolute Gasteiger partial charge is 0.258 e. The van der Waals surface area contributed by atoms with E-state index in [-0.39, 0.29) is 0 Å². The summed E-state index contributed by atoms with van der Waals surface area (Å²) in [5.41, 5.74) is -0.538. The van der Waals surface area contributed by atoms with E-state index >= 15 is 0 Å². The molecule has 0 radical (unpaired) electrons. The Morgan fingerprint density at radius 3 is 2.82 bits per heavy atom. The SMILES string of the molecule is O=[N+]([O-])c1cc(I)ncc1F. The van der Waals surface area contributed by atoms with Gasteiger partial charge in [0.1, 0.15) is 3.70 Å². The fourth-order valence-corrected chi connectivity index (χ4v) is 0.978. The predicted molar refractivity (Wildman–Crippen MR) is 43.6 cm³/mol. The van der Waals surface area contributed by atoms with Crippen molar-refractivity contribution in [3.63, 3.8) is 0 Å². The van der Waals surface area contributed by atoms with Crippen LogP contribution in [0, 0.1) is 19.6 Å². The summed E-state index contributed by atoms with van der Waals surface area (Å²) in [5.74, 6) is -0.907. The van der Waals surface area contributed by atoms with E-state index in [0.717, 1.165) is 12.3 Å². The molecule has 0 aliphatic carbocycles. The Morgan fingerprint density at radius 1 is 1.73 bits per heavy atom. The van der Waals surface area contributed by atoms with Crippen molar-refractivity contribution in [3.05, 3.63) is 31.9 Å². The first kappa shape index (κ1) is 8.31. The van der Waals surface area contributed by atoms with E-state index in [0.29, 0.717) is 3.70 Å². The molecule has 4 nitrogen and oxygen atoms in total. The molecule has 1 aromatic rings. The van der Waals surface area contributed by atoms with Gasteiger partial charge < -0.3 is 0 Å². The van der Waals surface area contributed by atoms with Crippen LogP contribution in [0.1, 0.15) is 0 Å². The zero-order valence-electron chi connectivity index (χ0n) is 5.12. The molecule has 0 fully saturated rings. The summed E-state index contributed by atoms with van der Waals surface area (Å²) >= 11 is 1.77. The largest absolute Gasteiger partial charge is 0.309 e. The van der Waals surface area contributed by atoms with Crippen molar-refractivity contribution >= 4 is 28.3 Å². The van der Waals surface area contributed by atoms with Crippen molar-refractivity contribution in [1.29, 1.82) is 0 Å². The van der Waals surface area contributed by atoms with Gasteiger partial charge in [-0.05, 0) is 22.6 Å². The third kappa shape index (κ3) is 1.82. The maximum absolute atomic E-state index is 12.5. The Balaban J connectivity index is 3.23. The molecule has 1 rings (SSSR count). The minimum Gasteiger partial charge on any atom is -0.258 e. The van der Waals surface area contributed by atoms with Crippen LogP contribution in [0.3, 0.4) is 0 Å². The van der Waals surface area contributed by atoms with E-state index in [1.54, 1.807) is 22.6 Å². The van der Waals surface area contributed by atoms with E-state index in [4.69, 9.17) is 0 Å². The molecular formula is C5H2FIN2O2. The van der Waals surface area contributed by atoms with Gasteiger partial charge >= 0.3 is 5.69 Å². The zero-order valence-corrected chi connectivity index (χ0v) is 7.28. The lowest BCUT2D eigenvalue weighted by atomic mass is 10.4. The molecule has 0 atom stereocenters. The second kappa shape index (κ2) is 3.07. The van der Waals surface area contributed by atoms with Gasteiger partial charge in [-0.15, -0.1) is 0 Å². The normalized spacial score (nSPS) is 9.64. The van der Waals surface area contributed by atoms with Crippen LogP contribution in [0.25, 0.3) is 0 Å². The summed E-state index contributed by atoms with van der Waals surface area (Å²) in [5, 5.41) is 10.1. The summed E-state index contributed by atoms with van der Waals surface area (Å²) in [6.45, 7) is 0. The lowest BCUT2D eigenvalue weighted by Crippen LogP contribution is -1.94. The number of hydrogen-bond donors (Lipinski definition) is 0. The van der Waals surface area contributed by atoms with Gasteiger partial charge in [-0.1, -0.05) is 0 Å². The molecule has 0 N–H and O–H groups in total. The van der Waals surface area contributed by atoms with Crippen molar-refractivity contribution < 1.29 is 9.31 Å². The van der Waals surface area contributed by atoms with Gasteiger partial charge in [0.05, 0.1) is 17.2 Å². The number of rotatable bonds is 1. The van der Waals surface area contributed by atoms with Crippen LogP contribution in [0.2, 0.25) is 0 Å². The van der Waals surface area contributed by atoms with Gasteiger partial charge in [-0.3, -0.25) is 10.1 Å². The van der Waals surface area contributed by atoms with E-state index < -0.39 is 16.4 Å². The van der Waals surface area contributed by atoms with Crippen molar-refractivity contribution in [2.45, 2.75) is 0 Å². The molecule has 0 bridgehead atoms. The molecule has 11 heavy (non-hydrogen) atoms. The fourth-order valence-electron chi connectivity index (χ4n) is 0.543. The van der Waals surface area contributed by atoms with E-state index in [9.17, 15) is 14.5 Å². The van der Waals surface area contributed by atoms with Crippen molar-refractivity contribution in [1.82, 2.24) is 4.98 Å². The molecule has 0 spiro atoms. The molecule has 0 aliphatic rings. The Morgan fingerprint density at radius 2 is 2.36 bits per heavy atom. The number of halogens is 2. The zero-order chi connectivity index (χ0) is 8.43. The van der Waals surface area contributed by atoms with Crippen molar-refractivity contribution in [3.8, 4) is 0 Å². The number of aromatic nitrogens is 1. The van der Waals surface area contributed by atoms with Gasteiger partial charge in [0.15, 0.2) is 0 Å². The molecule has 6 heteroatoms. The summed E-state index contributed by atoms with van der Waals surface area (Å²) in [7, 11) is 0. The van der Waals surface area contributed by atoms with Gasteiger partial charge in [-0.2, -0.15) is 4.39 Å². The fraction of sp³-hybridized carbons (Fsp3) is 0. The highest BCUT2D eigenvalue weighted by Gasteiger charge is 2.13. The van der Waals surface area contributed by atoms with E-state index in [2.05, 4.69) is 4.98 Å². The molecule has 58 valence electrons. The molecule has 0 unspecified atom stereocenters. The van der Waals surface area contributed by atoms with E-state index in [1.165, 1.54) is 0 Å². The van der Waals surface area contributed by atoms with Gasteiger partial charge in [0.25, 0.3) is 0 Å². The lowest BCUT2D eigenvalue weighted by molar-refractivity contribution is -0.387. The Hall–Kier alpha value is -0.790. The van der Waals surface area contributed by atoms with Crippen LogP contribution in [0.5, 0.6) is 0 Å². The second-order valence-electron chi connectivity index (χ2n) is 1.72. The van der Waals surface area contributed by atoms with Crippen LogP contribution < -0.4 is 0 Å². The molecule has 1 aromatic heterocycles. The molecule has 0 saturated heterocycles. The Bertz CT molecular complexity index is 305. The summed E-state index contributed by atoms with van der Waals surface area (Å²) in [6, 6.07) is 1.08. The maximum atomic E-state index is 12.5. The Kier molecular flexibility index (Phi) is 2.32. The first-order chi connectivity index (χ1) is 5.11. The number of nitro groups is 1. The number of pyridine rings is 1. The van der Waals surface area contributed by atoms with Crippen molar-refractivity contribution in [2.24, 2.45) is 0 Å². The molecule has 1 heterocycles. The quantitative estimate of drug-likeness (QED) is 0.337. The van der Waals surface area contributed by atoms with Crippen LogP contribution in [0.15, 0.2) is 12.3 Å². The van der Waals surface area contributed by atoms with Gasteiger partial charge in [-0.25, -0.2) is 4.98 Å². The molecule has 0 amide bonds. The van der Waals surface area contributed by atoms with Gasteiger partial charge in [0, 0.05) is 0 Å². The second-order valence-corrected chi connectivity index (χ2v) is 2.82. The third-order valence-corrected chi connectivity index (χ3v) is 1.59. The topological polar surface area (TPSA) is 56.0 Å². The van der Waals surface area contributed by atoms with Crippen LogP contribution >= 0.6 is 22.6 Å². The van der Waals surface area contributed by atoms with E-state index in [1.807, 2.05) is 0 Å². The average Bonchev–Trinajstić information content (AvgIpc) is 1.94. The summed E-state index contributed by atoms with van der Waals surface area (Å²) in [4.78, 5) is 12.9. The van der Waals surface area contributed by atoms with Crippen LogP contribution in [-0.4, -0.2) is 9.91 Å². The molecule has 0 aromatic carbocycles. The highest BCUT2D eigenvalue weighted by atomic mass is 127. The Labute approximate surface area is 74.7 Å². The first-order valence-electron chi connectivity index (χ1n) is 2.56. The monoisotopic (exact) mass is 268 g/mol. The molecular weight excluding hydrogens is 266 g/mol. The predicted octanol–water partition coefficient (Wildman–Crippen LogP) is 1.73. The summed E-state index contributed by atoms with van der Waals surface area (Å²) in [6.07, 6.45) is 0.833. The minimum absolute atomic E-state index is 0.399. The number of hydrogen-bond acceptors (Lipinski definition) is 3.